The maximum Gasteiger partial charge on any atom is 0.341 e. The largest absolute Gasteiger partial charge is 0.494 e. The molecule has 1 aliphatic carbocycles. The van der Waals surface area contributed by atoms with Crippen molar-refractivity contribution in [2.45, 2.75) is 19.8 Å². The third-order valence-electron chi connectivity index (χ3n) is 4.88. The van der Waals surface area contributed by atoms with E-state index in [1.54, 1.807) is 38.1 Å². The molecule has 0 aliphatic heterocycles. The first kappa shape index (κ1) is 24.2. The van der Waals surface area contributed by atoms with Gasteiger partial charge in [0.15, 0.2) is 5.76 Å². The highest BCUT2D eigenvalue weighted by atomic mass is 16.5. The summed E-state index contributed by atoms with van der Waals surface area (Å²) < 4.78 is 10.1. The average molecular weight is 434 g/mol. The third kappa shape index (κ3) is 5.99. The quantitative estimate of drug-likeness (QED) is 0.295. The predicted molar refractivity (Wildman–Crippen MR) is 122 cm³/mol. The molecule has 0 heterocycles. The van der Waals surface area contributed by atoms with Gasteiger partial charge in [0.05, 0.1) is 25.9 Å². The molecule has 166 valence electrons. The second-order valence-corrected chi connectivity index (χ2v) is 7.17. The number of nitrogens with two attached hydrogens (primary N) is 1. The number of benzene rings is 1. The van der Waals surface area contributed by atoms with Crippen LogP contribution in [0.1, 0.15) is 35.7 Å². The third-order valence-corrected chi connectivity index (χ3v) is 4.88. The van der Waals surface area contributed by atoms with E-state index in [4.69, 9.17) is 20.5 Å². The summed E-state index contributed by atoms with van der Waals surface area (Å²) in [6.45, 7) is 3.43. The number of methoxy groups -OCH3 is 2. The molecule has 32 heavy (non-hydrogen) atoms. The molecule has 3 N–H and O–H groups in total. The van der Waals surface area contributed by atoms with Crippen LogP contribution in [0.2, 0.25) is 0 Å². The summed E-state index contributed by atoms with van der Waals surface area (Å²) in [5.74, 6) is -0.651. The van der Waals surface area contributed by atoms with Gasteiger partial charge in [0.25, 0.3) is 5.91 Å². The monoisotopic (exact) mass is 433 g/mol. The normalized spacial score (nSPS) is 16.6. The summed E-state index contributed by atoms with van der Waals surface area (Å²) in [5, 5.41) is 11.8. The number of carbonyl (C=O) groups excluding carboxylic acids is 2. The molecule has 0 fully saturated rings. The highest BCUT2D eigenvalue weighted by molar-refractivity contribution is 5.96. The van der Waals surface area contributed by atoms with Crippen LogP contribution in [0.3, 0.4) is 0 Å². The fraction of sp³-hybridized carbons (Fsp3) is 0.240. The van der Waals surface area contributed by atoms with Gasteiger partial charge in [0, 0.05) is 23.7 Å². The van der Waals surface area contributed by atoms with Crippen LogP contribution in [-0.2, 0) is 14.3 Å². The van der Waals surface area contributed by atoms with Crippen molar-refractivity contribution in [1.82, 2.24) is 5.32 Å². The number of nitriles is 1. The van der Waals surface area contributed by atoms with E-state index in [1.165, 1.54) is 14.2 Å². The van der Waals surface area contributed by atoms with Crippen molar-refractivity contribution >= 4 is 11.9 Å². The van der Waals surface area contributed by atoms with Gasteiger partial charge in [-0.05, 0) is 49.3 Å². The van der Waals surface area contributed by atoms with Gasteiger partial charge in [-0.25, -0.2) is 4.79 Å². The lowest BCUT2D eigenvalue weighted by molar-refractivity contribution is -0.136. The minimum absolute atomic E-state index is 0.0146. The fourth-order valence-electron chi connectivity index (χ4n) is 3.19. The highest BCUT2D eigenvalue weighted by Gasteiger charge is 2.21. The van der Waals surface area contributed by atoms with Crippen LogP contribution in [0.5, 0.6) is 0 Å². The maximum absolute atomic E-state index is 12.6. The minimum Gasteiger partial charge on any atom is -0.494 e. The lowest BCUT2D eigenvalue weighted by atomic mass is 9.97. The fourth-order valence-corrected chi connectivity index (χ4v) is 3.19. The van der Waals surface area contributed by atoms with Crippen LogP contribution < -0.4 is 11.1 Å². The Hall–Kier alpha value is -4.05. The van der Waals surface area contributed by atoms with E-state index in [1.807, 2.05) is 30.4 Å². The van der Waals surface area contributed by atoms with E-state index >= 15 is 0 Å². The summed E-state index contributed by atoms with van der Waals surface area (Å²) in [5.41, 5.74) is 8.96. The standard InChI is InChI=1S/C25H27N3O4/c1-16(22(25(30)32-4)23(31-3)17(2)27)15-28-24(29)21-12-10-20(11-13-21)19-7-5-6-18(14-26)8-9-19/h5-13,19H,15,27H2,1-4H3,(H,28,29)/b22-16-,23-17+. The van der Waals surface area contributed by atoms with Crippen LogP contribution in [0.4, 0.5) is 0 Å². The lowest BCUT2D eigenvalue weighted by Crippen LogP contribution is -2.27. The molecule has 0 saturated carbocycles. The Morgan fingerprint density at radius 2 is 1.81 bits per heavy atom. The summed E-state index contributed by atoms with van der Waals surface area (Å²) in [4.78, 5) is 24.8. The summed E-state index contributed by atoms with van der Waals surface area (Å²) >= 11 is 0. The van der Waals surface area contributed by atoms with Gasteiger partial charge >= 0.3 is 5.97 Å². The number of ether oxygens (including phenoxy) is 2. The Morgan fingerprint density at radius 3 is 2.38 bits per heavy atom. The molecule has 1 unspecified atom stereocenters. The van der Waals surface area contributed by atoms with E-state index in [9.17, 15) is 9.59 Å². The molecular weight excluding hydrogens is 406 g/mol. The molecule has 7 heteroatoms. The molecule has 1 amide bonds. The first-order valence-electron chi connectivity index (χ1n) is 9.96. The van der Waals surface area contributed by atoms with Crippen LogP contribution in [0.15, 0.2) is 82.8 Å². The topological polar surface area (TPSA) is 114 Å². The number of nitrogens with one attached hydrogen (secondary N) is 1. The zero-order valence-corrected chi connectivity index (χ0v) is 18.6. The predicted octanol–water partition coefficient (Wildman–Crippen LogP) is 3.40. The van der Waals surface area contributed by atoms with Crippen molar-refractivity contribution in [3.63, 3.8) is 0 Å². The zero-order valence-electron chi connectivity index (χ0n) is 18.6. The van der Waals surface area contributed by atoms with Gasteiger partial charge in [-0.2, -0.15) is 5.26 Å². The van der Waals surface area contributed by atoms with Crippen molar-refractivity contribution in [2.24, 2.45) is 5.73 Å². The molecule has 0 radical (unpaired) electrons. The number of amides is 1. The number of allylic oxidation sites excluding steroid dienone is 7. The summed E-state index contributed by atoms with van der Waals surface area (Å²) in [7, 11) is 2.68. The van der Waals surface area contributed by atoms with Crippen molar-refractivity contribution in [3.05, 3.63) is 93.9 Å². The molecule has 7 nitrogen and oxygen atoms in total. The van der Waals surface area contributed by atoms with E-state index in [0.717, 1.165) is 5.56 Å². The second kappa shape index (κ2) is 11.4. The lowest BCUT2D eigenvalue weighted by Gasteiger charge is -2.15. The minimum atomic E-state index is -0.596. The van der Waals surface area contributed by atoms with Crippen LogP contribution in [0.25, 0.3) is 0 Å². The molecule has 1 atom stereocenters. The first-order chi connectivity index (χ1) is 15.3. The van der Waals surface area contributed by atoms with E-state index in [-0.39, 0.29) is 29.7 Å². The highest BCUT2D eigenvalue weighted by Crippen LogP contribution is 2.23. The maximum atomic E-state index is 12.6. The molecule has 0 saturated heterocycles. The first-order valence-corrected chi connectivity index (χ1v) is 9.96. The van der Waals surface area contributed by atoms with Gasteiger partial charge in [0.1, 0.15) is 5.57 Å². The van der Waals surface area contributed by atoms with Crippen molar-refractivity contribution in [2.75, 3.05) is 20.8 Å². The molecule has 1 aromatic carbocycles. The Bertz CT molecular complexity index is 1060. The molecule has 2 rings (SSSR count). The Morgan fingerprint density at radius 1 is 1.12 bits per heavy atom. The van der Waals surface area contributed by atoms with Crippen molar-refractivity contribution < 1.29 is 19.1 Å². The average Bonchev–Trinajstić information content (AvgIpc) is 3.05. The Kier molecular flexibility index (Phi) is 8.61. The number of rotatable bonds is 7. The van der Waals surface area contributed by atoms with E-state index in [0.29, 0.717) is 22.4 Å². The Labute approximate surface area is 188 Å². The van der Waals surface area contributed by atoms with E-state index in [2.05, 4.69) is 11.4 Å². The van der Waals surface area contributed by atoms with Gasteiger partial charge in [-0.1, -0.05) is 30.4 Å². The van der Waals surface area contributed by atoms with Crippen LogP contribution >= 0.6 is 0 Å². The molecular formula is C25H27N3O4. The number of carbonyl (C=O) groups is 2. The van der Waals surface area contributed by atoms with Crippen LogP contribution in [0, 0.1) is 11.3 Å². The number of hydrogen-bond acceptors (Lipinski definition) is 6. The molecule has 0 bridgehead atoms. The zero-order chi connectivity index (χ0) is 23.7. The molecule has 1 aliphatic rings. The van der Waals surface area contributed by atoms with Gasteiger partial charge in [0.2, 0.25) is 0 Å². The van der Waals surface area contributed by atoms with Gasteiger partial charge in [-0.15, -0.1) is 0 Å². The van der Waals surface area contributed by atoms with Crippen LogP contribution in [-0.4, -0.2) is 32.6 Å². The number of nitrogens with zero attached hydrogens (tertiary/aromatic N) is 1. The van der Waals surface area contributed by atoms with Crippen molar-refractivity contribution in [3.8, 4) is 6.07 Å². The van der Waals surface area contributed by atoms with Gasteiger partial charge < -0.3 is 20.5 Å². The Balaban J connectivity index is 2.14. The van der Waals surface area contributed by atoms with Crippen molar-refractivity contribution in [1.29, 1.82) is 5.26 Å². The SMILES string of the molecule is COC(=O)C(=C(/C)CNC(=O)c1ccc(C2C=CC=C(C#N)C=C2)cc1)/C(OC)=C(/C)N. The summed E-state index contributed by atoms with van der Waals surface area (Å²) in [6.07, 6.45) is 9.32. The second-order valence-electron chi connectivity index (χ2n) is 7.17. The number of esters is 1. The smallest absolute Gasteiger partial charge is 0.341 e. The summed E-state index contributed by atoms with van der Waals surface area (Å²) in [6, 6.07) is 9.34. The van der Waals surface area contributed by atoms with E-state index < -0.39 is 5.97 Å². The number of hydrogen-bond donors (Lipinski definition) is 2. The molecule has 0 aromatic heterocycles. The molecule has 0 spiro atoms. The molecule has 1 aromatic rings. The van der Waals surface area contributed by atoms with Gasteiger partial charge in [-0.3, -0.25) is 4.79 Å².